The summed E-state index contributed by atoms with van der Waals surface area (Å²) in [6.07, 6.45) is 4.58. The Bertz CT molecular complexity index is 500. The zero-order valence-corrected chi connectivity index (χ0v) is 8.37. The van der Waals surface area contributed by atoms with E-state index in [1.54, 1.807) is 30.6 Å². The lowest BCUT2D eigenvalue weighted by atomic mass is 10.1. The predicted molar refractivity (Wildman–Crippen MR) is 56.6 cm³/mol. The van der Waals surface area contributed by atoms with Crippen LogP contribution in [0.15, 0.2) is 36.9 Å². The molecule has 0 saturated carbocycles. The van der Waals surface area contributed by atoms with Gasteiger partial charge in [-0.3, -0.25) is 9.78 Å². The number of carboxylic acids is 1. The quantitative estimate of drug-likeness (QED) is 0.831. The first kappa shape index (κ1) is 10.2. The van der Waals surface area contributed by atoms with Crippen LogP contribution >= 0.6 is 0 Å². The summed E-state index contributed by atoms with van der Waals surface area (Å²) in [5.41, 5.74) is 2.11. The Morgan fingerprint density at radius 3 is 2.81 bits per heavy atom. The average molecular weight is 215 g/mol. The topological polar surface area (TPSA) is 76.0 Å². The van der Waals surface area contributed by atoms with Crippen LogP contribution in [-0.4, -0.2) is 26.0 Å². The Morgan fingerprint density at radius 1 is 1.25 bits per heavy atom. The SMILES string of the molecule is O=C(O)Cc1cc(-c2ccncn2)ccn1. The summed E-state index contributed by atoms with van der Waals surface area (Å²) in [7, 11) is 0. The van der Waals surface area contributed by atoms with Gasteiger partial charge in [-0.05, 0) is 18.2 Å². The van der Waals surface area contributed by atoms with Gasteiger partial charge in [-0.25, -0.2) is 9.97 Å². The molecule has 0 aliphatic rings. The van der Waals surface area contributed by atoms with Crippen LogP contribution in [0, 0.1) is 0 Å². The summed E-state index contributed by atoms with van der Waals surface area (Å²) < 4.78 is 0. The molecular weight excluding hydrogens is 206 g/mol. The molecular formula is C11H9N3O2. The predicted octanol–water partition coefficient (Wildman–Crippen LogP) is 1.17. The zero-order valence-electron chi connectivity index (χ0n) is 8.37. The van der Waals surface area contributed by atoms with Gasteiger partial charge in [0.2, 0.25) is 0 Å². The van der Waals surface area contributed by atoms with Crippen molar-refractivity contribution in [1.29, 1.82) is 0 Å². The second-order valence-electron chi connectivity index (χ2n) is 3.20. The highest BCUT2D eigenvalue weighted by molar-refractivity contribution is 5.70. The molecule has 0 unspecified atom stereocenters. The first-order valence-electron chi connectivity index (χ1n) is 4.69. The van der Waals surface area contributed by atoms with Crippen molar-refractivity contribution < 1.29 is 9.90 Å². The lowest BCUT2D eigenvalue weighted by Crippen LogP contribution is -2.02. The van der Waals surface area contributed by atoms with E-state index in [1.807, 2.05) is 0 Å². The molecule has 1 N–H and O–H groups in total. The molecule has 0 spiro atoms. The molecule has 0 atom stereocenters. The molecule has 0 amide bonds. The first-order valence-corrected chi connectivity index (χ1v) is 4.69. The number of rotatable bonds is 3. The molecule has 0 aromatic carbocycles. The van der Waals surface area contributed by atoms with Crippen LogP contribution in [0.4, 0.5) is 0 Å². The highest BCUT2D eigenvalue weighted by Gasteiger charge is 2.04. The molecule has 5 heteroatoms. The van der Waals surface area contributed by atoms with Crippen LogP contribution in [0.3, 0.4) is 0 Å². The van der Waals surface area contributed by atoms with Crippen LogP contribution in [0.5, 0.6) is 0 Å². The van der Waals surface area contributed by atoms with Crippen LogP contribution < -0.4 is 0 Å². The van der Waals surface area contributed by atoms with Gasteiger partial charge in [0.15, 0.2) is 0 Å². The van der Waals surface area contributed by atoms with Crippen molar-refractivity contribution in [2.75, 3.05) is 0 Å². The van der Waals surface area contributed by atoms with Crippen molar-refractivity contribution in [3.63, 3.8) is 0 Å². The summed E-state index contributed by atoms with van der Waals surface area (Å²) in [6.45, 7) is 0. The highest BCUT2D eigenvalue weighted by Crippen LogP contribution is 2.15. The Kier molecular flexibility index (Phi) is 2.86. The molecule has 2 aromatic heterocycles. The number of hydrogen-bond donors (Lipinski definition) is 1. The van der Waals surface area contributed by atoms with Crippen molar-refractivity contribution >= 4 is 5.97 Å². The van der Waals surface area contributed by atoms with E-state index in [2.05, 4.69) is 15.0 Å². The second kappa shape index (κ2) is 4.48. The number of carbonyl (C=O) groups is 1. The fourth-order valence-corrected chi connectivity index (χ4v) is 1.35. The molecule has 5 nitrogen and oxygen atoms in total. The maximum atomic E-state index is 10.6. The lowest BCUT2D eigenvalue weighted by Gasteiger charge is -2.01. The van der Waals surface area contributed by atoms with E-state index in [0.717, 1.165) is 11.3 Å². The Hall–Kier alpha value is -2.30. The van der Waals surface area contributed by atoms with E-state index in [1.165, 1.54) is 6.33 Å². The van der Waals surface area contributed by atoms with Crippen molar-refractivity contribution in [1.82, 2.24) is 15.0 Å². The molecule has 2 heterocycles. The molecule has 0 aliphatic carbocycles. The van der Waals surface area contributed by atoms with Crippen molar-refractivity contribution in [3.8, 4) is 11.3 Å². The van der Waals surface area contributed by atoms with Gasteiger partial charge in [0.05, 0.1) is 17.8 Å². The molecule has 0 aliphatic heterocycles. The van der Waals surface area contributed by atoms with Crippen LogP contribution in [-0.2, 0) is 11.2 Å². The summed E-state index contributed by atoms with van der Waals surface area (Å²) in [5, 5.41) is 8.66. The highest BCUT2D eigenvalue weighted by atomic mass is 16.4. The van der Waals surface area contributed by atoms with Gasteiger partial charge < -0.3 is 5.11 Å². The summed E-state index contributed by atoms with van der Waals surface area (Å²) in [5.74, 6) is -0.896. The van der Waals surface area contributed by atoms with Crippen molar-refractivity contribution in [2.45, 2.75) is 6.42 Å². The number of nitrogens with zero attached hydrogens (tertiary/aromatic N) is 3. The first-order chi connectivity index (χ1) is 7.75. The number of pyridine rings is 1. The van der Waals surface area contributed by atoms with E-state index in [0.29, 0.717) is 5.69 Å². The molecule has 0 bridgehead atoms. The molecule has 2 rings (SSSR count). The number of aliphatic carboxylic acids is 1. The summed E-state index contributed by atoms with van der Waals surface area (Å²) >= 11 is 0. The van der Waals surface area contributed by atoms with Crippen LogP contribution in [0.2, 0.25) is 0 Å². The van der Waals surface area contributed by atoms with Gasteiger partial charge in [0.25, 0.3) is 0 Å². The maximum Gasteiger partial charge on any atom is 0.309 e. The van der Waals surface area contributed by atoms with Crippen LogP contribution in [0.1, 0.15) is 5.69 Å². The van der Waals surface area contributed by atoms with E-state index in [-0.39, 0.29) is 6.42 Å². The van der Waals surface area contributed by atoms with Gasteiger partial charge in [-0.1, -0.05) is 0 Å². The fraction of sp³-hybridized carbons (Fsp3) is 0.0909. The van der Waals surface area contributed by atoms with Crippen molar-refractivity contribution in [3.05, 3.63) is 42.6 Å². The van der Waals surface area contributed by atoms with E-state index in [9.17, 15) is 4.79 Å². The molecule has 0 saturated heterocycles. The number of hydrogen-bond acceptors (Lipinski definition) is 4. The minimum Gasteiger partial charge on any atom is -0.481 e. The normalized spacial score (nSPS) is 10.0. The maximum absolute atomic E-state index is 10.6. The van der Waals surface area contributed by atoms with Gasteiger partial charge in [-0.15, -0.1) is 0 Å². The lowest BCUT2D eigenvalue weighted by molar-refractivity contribution is -0.136. The smallest absolute Gasteiger partial charge is 0.309 e. The third-order valence-corrected chi connectivity index (χ3v) is 2.03. The summed E-state index contributed by atoms with van der Waals surface area (Å²) in [4.78, 5) is 22.4. The largest absolute Gasteiger partial charge is 0.481 e. The summed E-state index contributed by atoms with van der Waals surface area (Å²) in [6, 6.07) is 5.27. The Morgan fingerprint density at radius 2 is 2.12 bits per heavy atom. The zero-order chi connectivity index (χ0) is 11.4. The van der Waals surface area contributed by atoms with Gasteiger partial charge in [-0.2, -0.15) is 0 Å². The molecule has 0 radical (unpaired) electrons. The average Bonchev–Trinajstić information content (AvgIpc) is 2.30. The Labute approximate surface area is 91.8 Å². The molecule has 2 aromatic rings. The fourth-order valence-electron chi connectivity index (χ4n) is 1.35. The third-order valence-electron chi connectivity index (χ3n) is 2.03. The van der Waals surface area contributed by atoms with E-state index in [4.69, 9.17) is 5.11 Å². The Balaban J connectivity index is 2.33. The van der Waals surface area contributed by atoms with Crippen molar-refractivity contribution in [2.24, 2.45) is 0 Å². The minimum absolute atomic E-state index is 0.0844. The van der Waals surface area contributed by atoms with E-state index >= 15 is 0 Å². The van der Waals surface area contributed by atoms with Gasteiger partial charge in [0.1, 0.15) is 6.33 Å². The molecule has 80 valence electrons. The standard InChI is InChI=1S/C11H9N3O2/c15-11(16)6-9-5-8(1-4-13-9)10-2-3-12-7-14-10/h1-5,7H,6H2,(H,15,16). The van der Waals surface area contributed by atoms with E-state index < -0.39 is 5.97 Å². The van der Waals surface area contributed by atoms with Gasteiger partial charge in [0, 0.05) is 18.0 Å². The van der Waals surface area contributed by atoms with Gasteiger partial charge >= 0.3 is 5.97 Å². The second-order valence-corrected chi connectivity index (χ2v) is 3.20. The third kappa shape index (κ3) is 2.38. The molecule has 0 fully saturated rings. The number of carboxylic acid groups (broad SMARTS) is 1. The number of aromatic nitrogens is 3. The minimum atomic E-state index is -0.896. The van der Waals surface area contributed by atoms with Crippen LogP contribution in [0.25, 0.3) is 11.3 Å². The molecule has 16 heavy (non-hydrogen) atoms. The monoisotopic (exact) mass is 215 g/mol.